The molecule has 1 heterocycles. The summed E-state index contributed by atoms with van der Waals surface area (Å²) < 4.78 is 26.4. The molecule has 0 spiro atoms. The van der Waals surface area contributed by atoms with Crippen LogP contribution in [0.5, 0.6) is 0 Å². The van der Waals surface area contributed by atoms with Crippen molar-refractivity contribution in [2.24, 2.45) is 0 Å². The predicted octanol–water partition coefficient (Wildman–Crippen LogP) is 4.08. The van der Waals surface area contributed by atoms with Gasteiger partial charge in [0.1, 0.15) is 0 Å². The van der Waals surface area contributed by atoms with E-state index in [1.807, 2.05) is 29.2 Å². The van der Waals surface area contributed by atoms with E-state index in [4.69, 9.17) is 5.73 Å². The Kier molecular flexibility index (Phi) is 4.67. The van der Waals surface area contributed by atoms with Crippen molar-refractivity contribution in [1.82, 2.24) is 4.90 Å². The van der Waals surface area contributed by atoms with Gasteiger partial charge in [0.15, 0.2) is 0 Å². The number of likely N-dealkylation sites (tertiary alicyclic amines) is 1. The number of halogens is 2. The fraction of sp³-hybridized carbons (Fsp3) is 0.333. The molecule has 7 heteroatoms. The smallest absolute Gasteiger partial charge is 0.271 e. The van der Waals surface area contributed by atoms with Crippen molar-refractivity contribution in [3.63, 3.8) is 0 Å². The molecule has 0 radical (unpaired) electrons. The maximum atomic E-state index is 13.2. The molecule has 3 rings (SSSR count). The first kappa shape index (κ1) is 17.3. The average molecular weight is 347 g/mol. The zero-order chi connectivity index (χ0) is 18.0. The summed E-state index contributed by atoms with van der Waals surface area (Å²) in [4.78, 5) is 12.3. The van der Waals surface area contributed by atoms with E-state index >= 15 is 0 Å². The fourth-order valence-electron chi connectivity index (χ4n) is 3.01. The number of nitro benzene ring substituents is 1. The number of anilines is 1. The molecule has 0 unspecified atom stereocenters. The van der Waals surface area contributed by atoms with E-state index < -0.39 is 10.8 Å². The minimum Gasteiger partial charge on any atom is -0.398 e. The number of piperidine rings is 1. The van der Waals surface area contributed by atoms with E-state index in [-0.39, 0.29) is 18.5 Å². The molecule has 0 atom stereocenters. The maximum absolute atomic E-state index is 13.2. The van der Waals surface area contributed by atoms with Gasteiger partial charge in [0.2, 0.25) is 0 Å². The van der Waals surface area contributed by atoms with Gasteiger partial charge < -0.3 is 5.73 Å². The lowest BCUT2D eigenvalue weighted by Gasteiger charge is -2.31. The molecule has 0 amide bonds. The standard InChI is InChI=1S/C18H19F2N3O2/c19-18(20)7-9-22(10-8-18)12-13-1-3-14(4-2-13)16-6-5-15(23(24)25)11-17(16)21/h1-6,11H,7-10,12,21H2. The molecule has 1 aliphatic heterocycles. The average Bonchev–Trinajstić information content (AvgIpc) is 2.57. The van der Waals surface area contributed by atoms with Crippen LogP contribution in [0.1, 0.15) is 18.4 Å². The van der Waals surface area contributed by atoms with Gasteiger partial charge in [-0.1, -0.05) is 24.3 Å². The lowest BCUT2D eigenvalue weighted by atomic mass is 10.0. The number of nitro groups is 1. The summed E-state index contributed by atoms with van der Waals surface area (Å²) in [5, 5.41) is 10.8. The molecule has 0 aromatic heterocycles. The number of benzene rings is 2. The molecule has 2 aromatic rings. The summed E-state index contributed by atoms with van der Waals surface area (Å²) in [7, 11) is 0. The molecule has 2 aromatic carbocycles. The van der Waals surface area contributed by atoms with Gasteiger partial charge in [-0.3, -0.25) is 15.0 Å². The highest BCUT2D eigenvalue weighted by Crippen LogP contribution is 2.31. The van der Waals surface area contributed by atoms with Crippen LogP contribution in [0.4, 0.5) is 20.2 Å². The molecule has 0 bridgehead atoms. The zero-order valence-electron chi connectivity index (χ0n) is 13.6. The van der Waals surface area contributed by atoms with Gasteiger partial charge in [-0.2, -0.15) is 0 Å². The minimum absolute atomic E-state index is 0.0419. The maximum Gasteiger partial charge on any atom is 0.271 e. The van der Waals surface area contributed by atoms with E-state index in [1.54, 1.807) is 6.07 Å². The second-order valence-corrected chi connectivity index (χ2v) is 6.36. The number of hydrogen-bond donors (Lipinski definition) is 1. The van der Waals surface area contributed by atoms with Gasteiger partial charge in [0.25, 0.3) is 11.6 Å². The van der Waals surface area contributed by atoms with Crippen LogP contribution in [-0.2, 0) is 6.54 Å². The van der Waals surface area contributed by atoms with Crippen LogP contribution in [0.2, 0.25) is 0 Å². The van der Waals surface area contributed by atoms with Crippen molar-refractivity contribution in [3.05, 3.63) is 58.1 Å². The zero-order valence-corrected chi connectivity index (χ0v) is 13.6. The number of rotatable bonds is 4. The largest absolute Gasteiger partial charge is 0.398 e. The first-order valence-electron chi connectivity index (χ1n) is 8.07. The topological polar surface area (TPSA) is 72.4 Å². The highest BCUT2D eigenvalue weighted by Gasteiger charge is 2.33. The predicted molar refractivity (Wildman–Crippen MR) is 92.4 cm³/mol. The van der Waals surface area contributed by atoms with Gasteiger partial charge in [-0.15, -0.1) is 0 Å². The molecule has 0 aliphatic carbocycles. The normalized spacial score (nSPS) is 17.4. The highest BCUT2D eigenvalue weighted by atomic mass is 19.3. The van der Waals surface area contributed by atoms with Gasteiger partial charge >= 0.3 is 0 Å². The number of hydrogen-bond acceptors (Lipinski definition) is 4. The number of nitrogens with zero attached hydrogens (tertiary/aromatic N) is 2. The van der Waals surface area contributed by atoms with Crippen LogP contribution in [0.3, 0.4) is 0 Å². The van der Waals surface area contributed by atoms with E-state index in [0.29, 0.717) is 25.3 Å². The molecule has 1 saturated heterocycles. The Labute approximate surface area is 144 Å². The second-order valence-electron chi connectivity index (χ2n) is 6.36. The highest BCUT2D eigenvalue weighted by molar-refractivity contribution is 5.78. The number of alkyl halides is 2. The second kappa shape index (κ2) is 6.76. The van der Waals surface area contributed by atoms with Crippen molar-refractivity contribution < 1.29 is 13.7 Å². The summed E-state index contributed by atoms with van der Waals surface area (Å²) in [6.45, 7) is 1.42. The summed E-state index contributed by atoms with van der Waals surface area (Å²) in [5.74, 6) is -2.53. The summed E-state index contributed by atoms with van der Waals surface area (Å²) in [5.41, 5.74) is 8.86. The third kappa shape index (κ3) is 4.11. The Bertz CT molecular complexity index is 768. The van der Waals surface area contributed by atoms with Gasteiger partial charge in [-0.05, 0) is 17.2 Å². The Morgan fingerprint density at radius 1 is 1.12 bits per heavy atom. The van der Waals surface area contributed by atoms with Gasteiger partial charge in [-0.25, -0.2) is 8.78 Å². The molecule has 5 nitrogen and oxygen atoms in total. The minimum atomic E-state index is -2.53. The summed E-state index contributed by atoms with van der Waals surface area (Å²) >= 11 is 0. The number of non-ortho nitro benzene ring substituents is 1. The number of nitrogens with two attached hydrogens (primary N) is 1. The van der Waals surface area contributed by atoms with E-state index in [9.17, 15) is 18.9 Å². The molecule has 132 valence electrons. The third-order valence-electron chi connectivity index (χ3n) is 4.50. The van der Waals surface area contributed by atoms with Crippen molar-refractivity contribution in [3.8, 4) is 11.1 Å². The Morgan fingerprint density at radius 3 is 2.32 bits per heavy atom. The quantitative estimate of drug-likeness (QED) is 0.514. The molecule has 25 heavy (non-hydrogen) atoms. The van der Waals surface area contributed by atoms with E-state index in [1.165, 1.54) is 12.1 Å². The van der Waals surface area contributed by atoms with Gasteiger partial charge in [0.05, 0.1) is 4.92 Å². The monoisotopic (exact) mass is 347 g/mol. The van der Waals surface area contributed by atoms with Crippen LogP contribution in [0.25, 0.3) is 11.1 Å². The lowest BCUT2D eigenvalue weighted by molar-refractivity contribution is -0.384. The fourth-order valence-corrected chi connectivity index (χ4v) is 3.01. The summed E-state index contributed by atoms with van der Waals surface area (Å²) in [6.07, 6.45) is -0.186. The lowest BCUT2D eigenvalue weighted by Crippen LogP contribution is -2.38. The molecule has 1 fully saturated rings. The molecular formula is C18H19F2N3O2. The van der Waals surface area contributed by atoms with Crippen molar-refractivity contribution >= 4 is 11.4 Å². The van der Waals surface area contributed by atoms with Crippen molar-refractivity contribution in [1.29, 1.82) is 0 Å². The van der Waals surface area contributed by atoms with Crippen LogP contribution in [-0.4, -0.2) is 28.8 Å². The third-order valence-corrected chi connectivity index (χ3v) is 4.50. The van der Waals surface area contributed by atoms with Gasteiger partial charge in [0, 0.05) is 55.9 Å². The molecule has 2 N–H and O–H groups in total. The van der Waals surface area contributed by atoms with E-state index in [2.05, 4.69) is 0 Å². The molecular weight excluding hydrogens is 328 g/mol. The number of nitrogen functional groups attached to an aromatic ring is 1. The molecule has 1 aliphatic rings. The van der Waals surface area contributed by atoms with Crippen LogP contribution in [0.15, 0.2) is 42.5 Å². The Hall–Kier alpha value is -2.54. The first-order valence-corrected chi connectivity index (χ1v) is 8.07. The first-order chi connectivity index (χ1) is 11.8. The van der Waals surface area contributed by atoms with Crippen molar-refractivity contribution in [2.45, 2.75) is 25.3 Å². The summed E-state index contributed by atoms with van der Waals surface area (Å²) in [6, 6.07) is 12.1. The van der Waals surface area contributed by atoms with Crippen LogP contribution in [0, 0.1) is 10.1 Å². The Morgan fingerprint density at radius 2 is 1.76 bits per heavy atom. The SMILES string of the molecule is Nc1cc([N+](=O)[O-])ccc1-c1ccc(CN2CCC(F)(F)CC2)cc1. The Balaban J connectivity index is 1.69. The van der Waals surface area contributed by atoms with Crippen LogP contribution < -0.4 is 5.73 Å². The molecule has 0 saturated carbocycles. The van der Waals surface area contributed by atoms with E-state index in [0.717, 1.165) is 16.7 Å². The van der Waals surface area contributed by atoms with Crippen LogP contribution >= 0.6 is 0 Å². The van der Waals surface area contributed by atoms with Crippen molar-refractivity contribution in [2.75, 3.05) is 18.8 Å².